The second-order valence-electron chi connectivity index (χ2n) is 8.85. The van der Waals surface area contributed by atoms with Gasteiger partial charge >= 0.3 is 11.9 Å². The predicted octanol–water partition coefficient (Wildman–Crippen LogP) is 4.78. The van der Waals surface area contributed by atoms with Crippen molar-refractivity contribution in [3.05, 3.63) is 74.3 Å². The van der Waals surface area contributed by atoms with Gasteiger partial charge in [0.2, 0.25) is 0 Å². The maximum atomic E-state index is 14.2. The van der Waals surface area contributed by atoms with Crippen LogP contribution in [0.5, 0.6) is 5.75 Å². The van der Waals surface area contributed by atoms with E-state index in [-0.39, 0.29) is 19.0 Å². The average molecular weight is 510 g/mol. The second kappa shape index (κ2) is 10.7. The van der Waals surface area contributed by atoms with E-state index in [1.165, 1.54) is 11.3 Å². The summed E-state index contributed by atoms with van der Waals surface area (Å²) in [5.74, 6) is -2.71. The predicted molar refractivity (Wildman–Crippen MR) is 137 cm³/mol. The van der Waals surface area contributed by atoms with E-state index in [1.54, 1.807) is 21.0 Å². The molecule has 2 heterocycles. The first kappa shape index (κ1) is 25.7. The molecule has 3 atom stereocenters. The van der Waals surface area contributed by atoms with Crippen molar-refractivity contribution in [2.45, 2.75) is 46.0 Å². The first-order chi connectivity index (χ1) is 17.3. The van der Waals surface area contributed by atoms with E-state index in [4.69, 9.17) is 14.2 Å². The second-order valence-corrected chi connectivity index (χ2v) is 9.80. The molecule has 1 aromatic carbocycles. The van der Waals surface area contributed by atoms with Gasteiger partial charge in [0.15, 0.2) is 5.78 Å². The van der Waals surface area contributed by atoms with Gasteiger partial charge in [0.05, 0.1) is 31.8 Å². The molecule has 8 heteroatoms. The number of benzene rings is 1. The monoisotopic (exact) mass is 509 g/mol. The molecule has 0 saturated heterocycles. The average Bonchev–Trinajstić information content (AvgIpc) is 3.28. The molecular weight excluding hydrogens is 478 g/mol. The lowest BCUT2D eigenvalue weighted by atomic mass is 9.68. The van der Waals surface area contributed by atoms with Gasteiger partial charge in [-0.05, 0) is 68.8 Å². The smallest absolute Gasteiger partial charge is 0.336 e. The lowest BCUT2D eigenvalue weighted by Gasteiger charge is -2.39. The zero-order valence-corrected chi connectivity index (χ0v) is 22.0. The van der Waals surface area contributed by atoms with Crippen LogP contribution in [-0.4, -0.2) is 38.0 Å². The number of dihydropyridines is 1. The maximum Gasteiger partial charge on any atom is 0.336 e. The Labute approximate surface area is 215 Å². The highest BCUT2D eigenvalue weighted by atomic mass is 32.1. The minimum Gasteiger partial charge on any atom is -0.497 e. The zero-order chi connectivity index (χ0) is 26.0. The molecule has 0 unspecified atom stereocenters. The van der Waals surface area contributed by atoms with Crippen LogP contribution in [0.25, 0.3) is 0 Å². The molecule has 1 aromatic heterocycles. The number of methoxy groups -OCH3 is 1. The summed E-state index contributed by atoms with van der Waals surface area (Å²) in [5, 5.41) is 5.27. The highest BCUT2D eigenvalue weighted by molar-refractivity contribution is 7.10. The summed E-state index contributed by atoms with van der Waals surface area (Å²) >= 11 is 1.49. The van der Waals surface area contributed by atoms with E-state index >= 15 is 0 Å². The summed E-state index contributed by atoms with van der Waals surface area (Å²) in [7, 11) is 1.59. The number of allylic oxidation sites excluding steroid dienone is 3. The summed E-state index contributed by atoms with van der Waals surface area (Å²) < 4.78 is 16.1. The Hall–Kier alpha value is -3.39. The third kappa shape index (κ3) is 4.57. The SMILES string of the molecule is CCOC(=O)C1=C(C)NC2=C(C(=O)[C@H](C(=O)OCC)[C@@H](c3ccc(OC)cc3)C2)[C@@H]1c1sccc1C. The molecule has 1 N–H and O–H groups in total. The largest absolute Gasteiger partial charge is 0.497 e. The number of carbonyl (C=O) groups excluding carboxylic acids is 3. The normalized spacial score (nSPS) is 21.6. The molecule has 36 heavy (non-hydrogen) atoms. The van der Waals surface area contributed by atoms with Crippen LogP contribution in [0.15, 0.2) is 58.3 Å². The van der Waals surface area contributed by atoms with Crippen LogP contribution in [0.1, 0.15) is 55.0 Å². The molecule has 0 bridgehead atoms. The molecule has 1 aliphatic carbocycles. The minimum atomic E-state index is -1.02. The number of carbonyl (C=O) groups is 3. The van der Waals surface area contributed by atoms with Crippen molar-refractivity contribution >= 4 is 29.1 Å². The molecule has 1 aliphatic heterocycles. The number of ether oxygens (including phenoxy) is 3. The standard InChI is InChI=1S/C28H31NO6S/c1-6-34-27(31)21-16(4)29-20-14-19(17-8-10-18(33-5)11-9-17)22(28(32)35-7-2)25(30)23(20)24(21)26-15(3)12-13-36-26/h8-13,19,22,24,29H,6-7,14H2,1-5H3/t19-,22-,24-/m1/s1. The van der Waals surface area contributed by atoms with E-state index in [0.29, 0.717) is 29.0 Å². The Morgan fingerprint density at radius 2 is 1.75 bits per heavy atom. The Bertz CT molecular complexity index is 1240. The van der Waals surface area contributed by atoms with Crippen LogP contribution in [0.4, 0.5) is 0 Å². The fourth-order valence-corrected chi connectivity index (χ4v) is 6.17. The van der Waals surface area contributed by atoms with Crippen molar-refractivity contribution < 1.29 is 28.6 Å². The van der Waals surface area contributed by atoms with E-state index < -0.39 is 29.7 Å². The third-order valence-electron chi connectivity index (χ3n) is 6.76. The summed E-state index contributed by atoms with van der Waals surface area (Å²) in [5.41, 5.74) is 4.05. The molecule has 0 spiro atoms. The number of hydrogen-bond donors (Lipinski definition) is 1. The lowest BCUT2D eigenvalue weighted by Crippen LogP contribution is -2.43. The van der Waals surface area contributed by atoms with E-state index in [1.807, 2.05) is 49.6 Å². The van der Waals surface area contributed by atoms with Crippen LogP contribution in [0.3, 0.4) is 0 Å². The Morgan fingerprint density at radius 3 is 2.33 bits per heavy atom. The third-order valence-corrected chi connectivity index (χ3v) is 7.85. The molecule has 190 valence electrons. The topological polar surface area (TPSA) is 90.9 Å². The number of esters is 2. The summed E-state index contributed by atoms with van der Waals surface area (Å²) in [6.45, 7) is 7.66. The molecule has 0 radical (unpaired) electrons. The number of nitrogens with one attached hydrogen (secondary N) is 1. The number of rotatable bonds is 7. The molecule has 0 saturated carbocycles. The number of hydrogen-bond acceptors (Lipinski definition) is 8. The van der Waals surface area contributed by atoms with E-state index in [2.05, 4.69) is 5.32 Å². The van der Waals surface area contributed by atoms with Gasteiger partial charge in [-0.3, -0.25) is 9.59 Å². The summed E-state index contributed by atoms with van der Waals surface area (Å²) in [6, 6.07) is 9.37. The van der Waals surface area contributed by atoms with Crippen LogP contribution in [0, 0.1) is 12.8 Å². The minimum absolute atomic E-state index is 0.169. The number of ketones is 1. The highest BCUT2D eigenvalue weighted by Gasteiger charge is 2.49. The maximum absolute atomic E-state index is 14.2. The highest BCUT2D eigenvalue weighted by Crippen LogP contribution is 2.49. The number of Topliss-reactive ketones (excluding diaryl/α,β-unsaturated/α-hetero) is 1. The van der Waals surface area contributed by atoms with Gasteiger partial charge in [-0.15, -0.1) is 11.3 Å². The van der Waals surface area contributed by atoms with Gasteiger partial charge in [-0.2, -0.15) is 0 Å². The number of thiophene rings is 1. The van der Waals surface area contributed by atoms with Crippen molar-refractivity contribution in [3.8, 4) is 5.75 Å². The van der Waals surface area contributed by atoms with Crippen molar-refractivity contribution in [1.29, 1.82) is 0 Å². The molecule has 2 aliphatic rings. The molecule has 0 fully saturated rings. The van der Waals surface area contributed by atoms with E-state index in [0.717, 1.165) is 21.7 Å². The van der Waals surface area contributed by atoms with Crippen LogP contribution < -0.4 is 10.1 Å². The lowest BCUT2D eigenvalue weighted by molar-refractivity contribution is -0.152. The molecule has 0 amide bonds. The fraction of sp³-hybridized carbons (Fsp3) is 0.393. The van der Waals surface area contributed by atoms with Gasteiger partial charge in [-0.1, -0.05) is 12.1 Å². The van der Waals surface area contributed by atoms with Gasteiger partial charge < -0.3 is 19.5 Å². The first-order valence-electron chi connectivity index (χ1n) is 12.1. The van der Waals surface area contributed by atoms with Crippen molar-refractivity contribution in [2.24, 2.45) is 5.92 Å². The van der Waals surface area contributed by atoms with Crippen molar-refractivity contribution in [1.82, 2.24) is 5.32 Å². The van der Waals surface area contributed by atoms with Gasteiger partial charge in [0, 0.05) is 27.8 Å². The van der Waals surface area contributed by atoms with Crippen molar-refractivity contribution in [3.63, 3.8) is 0 Å². The summed E-state index contributed by atoms with van der Waals surface area (Å²) in [4.78, 5) is 41.5. The van der Waals surface area contributed by atoms with E-state index in [9.17, 15) is 14.4 Å². The Kier molecular flexibility index (Phi) is 7.64. The molecule has 4 rings (SSSR count). The van der Waals surface area contributed by atoms with Crippen LogP contribution >= 0.6 is 11.3 Å². The quantitative estimate of drug-likeness (QED) is 0.424. The van der Waals surface area contributed by atoms with Gasteiger partial charge in [-0.25, -0.2) is 4.79 Å². The molecule has 2 aromatic rings. The van der Waals surface area contributed by atoms with Gasteiger partial charge in [0.25, 0.3) is 0 Å². The van der Waals surface area contributed by atoms with Crippen LogP contribution in [-0.2, 0) is 23.9 Å². The summed E-state index contributed by atoms with van der Waals surface area (Å²) in [6.07, 6.45) is 0.422. The number of aryl methyl sites for hydroxylation is 1. The molecule has 7 nitrogen and oxygen atoms in total. The molecular formula is C28H31NO6S. The zero-order valence-electron chi connectivity index (χ0n) is 21.2. The Balaban J connectivity index is 1.87. The van der Waals surface area contributed by atoms with Gasteiger partial charge in [0.1, 0.15) is 11.7 Å². The van der Waals surface area contributed by atoms with Crippen LogP contribution in [0.2, 0.25) is 0 Å². The fourth-order valence-electron chi connectivity index (χ4n) is 5.12. The van der Waals surface area contributed by atoms with Crippen molar-refractivity contribution in [2.75, 3.05) is 20.3 Å². The Morgan fingerprint density at radius 1 is 1.06 bits per heavy atom. The first-order valence-corrected chi connectivity index (χ1v) is 13.0.